The summed E-state index contributed by atoms with van der Waals surface area (Å²) >= 11 is 0. The van der Waals surface area contributed by atoms with Crippen LogP contribution in [-0.2, 0) is 32.6 Å². The molecule has 0 heterocycles. The van der Waals surface area contributed by atoms with E-state index in [1.165, 1.54) is 22.3 Å². The molecule has 39 heavy (non-hydrogen) atoms. The van der Waals surface area contributed by atoms with Crippen molar-refractivity contribution in [2.24, 2.45) is 0 Å². The second kappa shape index (κ2) is 13.4. The van der Waals surface area contributed by atoms with Gasteiger partial charge in [-0.25, -0.2) is 12.8 Å². The Morgan fingerprint density at radius 3 is 2.26 bits per heavy atom. The second-order valence-electron chi connectivity index (χ2n) is 9.59. The number of carbonyl (C=O) groups excluding carboxylic acids is 2. The molecule has 0 aliphatic heterocycles. The molecule has 2 amide bonds. The molecule has 0 aliphatic carbocycles. The number of hydrogen-bond acceptors (Lipinski definition) is 4. The standard InChI is InChI=1S/C30H36FN3O4S/c1-22-12-10-17-27(23(22)2)34(39(4,37)38)19-11-18-29(35)33(21-25-15-8-9-16-26(25)31)28(30(36)32-3)20-24-13-6-5-7-14-24/h5-10,12-17,28H,11,18-21H2,1-4H3,(H,32,36)/t28-/m0/s1. The van der Waals surface area contributed by atoms with Crippen molar-refractivity contribution >= 4 is 27.5 Å². The molecule has 1 N–H and O–H groups in total. The van der Waals surface area contributed by atoms with Crippen LogP contribution in [0.4, 0.5) is 10.1 Å². The van der Waals surface area contributed by atoms with Gasteiger partial charge in [0.25, 0.3) is 0 Å². The zero-order chi connectivity index (χ0) is 28.6. The summed E-state index contributed by atoms with van der Waals surface area (Å²) in [5.74, 6) is -1.20. The van der Waals surface area contributed by atoms with Crippen molar-refractivity contribution in [2.75, 3.05) is 24.2 Å². The normalized spacial score (nSPS) is 12.0. The van der Waals surface area contributed by atoms with Crippen molar-refractivity contribution in [2.45, 2.75) is 45.7 Å². The molecule has 3 rings (SSSR count). The number of nitrogens with one attached hydrogen (secondary N) is 1. The highest BCUT2D eigenvalue weighted by atomic mass is 32.2. The van der Waals surface area contributed by atoms with E-state index in [0.717, 1.165) is 22.9 Å². The van der Waals surface area contributed by atoms with Crippen molar-refractivity contribution < 1.29 is 22.4 Å². The Morgan fingerprint density at radius 1 is 0.949 bits per heavy atom. The largest absolute Gasteiger partial charge is 0.357 e. The van der Waals surface area contributed by atoms with Crippen molar-refractivity contribution in [3.05, 3.63) is 101 Å². The Bertz CT molecular complexity index is 1400. The van der Waals surface area contributed by atoms with E-state index in [2.05, 4.69) is 5.32 Å². The summed E-state index contributed by atoms with van der Waals surface area (Å²) in [4.78, 5) is 28.1. The summed E-state index contributed by atoms with van der Waals surface area (Å²) in [7, 11) is -2.11. The Hall–Kier alpha value is -3.72. The van der Waals surface area contributed by atoms with E-state index >= 15 is 0 Å². The number of carbonyl (C=O) groups is 2. The molecular weight excluding hydrogens is 517 g/mol. The van der Waals surface area contributed by atoms with Crippen molar-refractivity contribution in [3.63, 3.8) is 0 Å². The lowest BCUT2D eigenvalue weighted by Crippen LogP contribution is -2.50. The average molecular weight is 554 g/mol. The number of sulfonamides is 1. The highest BCUT2D eigenvalue weighted by Crippen LogP contribution is 2.26. The van der Waals surface area contributed by atoms with E-state index in [4.69, 9.17) is 0 Å². The Morgan fingerprint density at radius 2 is 1.62 bits per heavy atom. The van der Waals surface area contributed by atoms with E-state index in [9.17, 15) is 22.4 Å². The molecule has 208 valence electrons. The first-order valence-corrected chi connectivity index (χ1v) is 14.7. The van der Waals surface area contributed by atoms with Crippen molar-refractivity contribution in [3.8, 4) is 0 Å². The minimum Gasteiger partial charge on any atom is -0.357 e. The van der Waals surface area contributed by atoms with Gasteiger partial charge in [-0.2, -0.15) is 0 Å². The predicted octanol–water partition coefficient (Wildman–Crippen LogP) is 4.37. The van der Waals surface area contributed by atoms with Gasteiger partial charge in [0.15, 0.2) is 0 Å². The van der Waals surface area contributed by atoms with Gasteiger partial charge >= 0.3 is 0 Å². The summed E-state index contributed by atoms with van der Waals surface area (Å²) in [6.45, 7) is 3.77. The molecule has 3 aromatic carbocycles. The number of halogens is 1. The lowest BCUT2D eigenvalue weighted by molar-refractivity contribution is -0.141. The minimum atomic E-state index is -3.61. The molecule has 7 nitrogen and oxygen atoms in total. The molecular formula is C30H36FN3O4S. The van der Waals surface area contributed by atoms with Gasteiger partial charge in [0.05, 0.1) is 11.9 Å². The van der Waals surface area contributed by atoms with Gasteiger partial charge < -0.3 is 10.2 Å². The number of anilines is 1. The van der Waals surface area contributed by atoms with Gasteiger partial charge in [0.2, 0.25) is 21.8 Å². The van der Waals surface area contributed by atoms with Crippen LogP contribution in [0.2, 0.25) is 0 Å². The molecule has 1 atom stereocenters. The van der Waals surface area contributed by atoms with Crippen LogP contribution in [0.15, 0.2) is 72.8 Å². The number of amides is 2. The van der Waals surface area contributed by atoms with Gasteiger partial charge in [-0.05, 0) is 49.1 Å². The van der Waals surface area contributed by atoms with E-state index < -0.39 is 21.9 Å². The zero-order valence-electron chi connectivity index (χ0n) is 22.9. The molecule has 0 radical (unpaired) electrons. The third-order valence-corrected chi connectivity index (χ3v) is 7.99. The lowest BCUT2D eigenvalue weighted by Gasteiger charge is -2.32. The smallest absolute Gasteiger partial charge is 0.242 e. The van der Waals surface area contributed by atoms with Crippen LogP contribution in [0, 0.1) is 19.7 Å². The van der Waals surface area contributed by atoms with E-state index in [1.54, 1.807) is 30.3 Å². The Labute approximate surface area is 230 Å². The fraction of sp³-hybridized carbons (Fsp3) is 0.333. The van der Waals surface area contributed by atoms with Crippen molar-refractivity contribution in [1.82, 2.24) is 10.2 Å². The van der Waals surface area contributed by atoms with Crippen molar-refractivity contribution in [1.29, 1.82) is 0 Å². The molecule has 0 saturated carbocycles. The highest BCUT2D eigenvalue weighted by Gasteiger charge is 2.30. The van der Waals surface area contributed by atoms with Gasteiger partial charge in [0, 0.05) is 38.5 Å². The average Bonchev–Trinajstić information content (AvgIpc) is 2.91. The summed E-state index contributed by atoms with van der Waals surface area (Å²) < 4.78 is 41.2. The first kappa shape index (κ1) is 29.8. The van der Waals surface area contributed by atoms with E-state index in [0.29, 0.717) is 11.3 Å². The van der Waals surface area contributed by atoms with Gasteiger partial charge in [0.1, 0.15) is 11.9 Å². The maximum Gasteiger partial charge on any atom is 0.242 e. The fourth-order valence-corrected chi connectivity index (χ4v) is 5.53. The number of hydrogen-bond donors (Lipinski definition) is 1. The van der Waals surface area contributed by atoms with Gasteiger partial charge in [-0.1, -0.05) is 60.7 Å². The van der Waals surface area contributed by atoms with Crippen LogP contribution in [0.25, 0.3) is 0 Å². The Kier molecular flexibility index (Phi) is 10.2. The minimum absolute atomic E-state index is 0.0202. The van der Waals surface area contributed by atoms with E-state index in [-0.39, 0.29) is 44.2 Å². The number of likely N-dealkylation sites (N-methyl/N-ethyl adjacent to an activating group) is 1. The first-order chi connectivity index (χ1) is 18.5. The highest BCUT2D eigenvalue weighted by molar-refractivity contribution is 7.92. The number of benzene rings is 3. The number of rotatable bonds is 12. The van der Waals surface area contributed by atoms with Crippen LogP contribution in [0.3, 0.4) is 0 Å². The third-order valence-electron chi connectivity index (χ3n) is 6.81. The van der Waals surface area contributed by atoms with Crippen LogP contribution < -0.4 is 9.62 Å². The molecule has 3 aromatic rings. The summed E-state index contributed by atoms with van der Waals surface area (Å²) in [5, 5.41) is 2.63. The third kappa shape index (κ3) is 7.89. The molecule has 0 spiro atoms. The maximum atomic E-state index is 14.6. The van der Waals surface area contributed by atoms with Gasteiger partial charge in [-0.3, -0.25) is 13.9 Å². The predicted molar refractivity (Wildman–Crippen MR) is 152 cm³/mol. The summed E-state index contributed by atoms with van der Waals surface area (Å²) in [5.41, 5.74) is 3.53. The van der Waals surface area contributed by atoms with Crippen LogP contribution in [0.1, 0.15) is 35.1 Å². The summed E-state index contributed by atoms with van der Waals surface area (Å²) in [6, 6.07) is 20.0. The zero-order valence-corrected chi connectivity index (χ0v) is 23.7. The molecule has 9 heteroatoms. The molecule has 0 fully saturated rings. The quantitative estimate of drug-likeness (QED) is 0.361. The number of nitrogens with zero attached hydrogens (tertiary/aromatic N) is 2. The van der Waals surface area contributed by atoms with E-state index in [1.807, 2.05) is 50.2 Å². The van der Waals surface area contributed by atoms with Crippen LogP contribution in [0.5, 0.6) is 0 Å². The first-order valence-electron chi connectivity index (χ1n) is 12.8. The molecule has 0 unspecified atom stereocenters. The topological polar surface area (TPSA) is 86.8 Å². The van der Waals surface area contributed by atoms with Crippen LogP contribution >= 0.6 is 0 Å². The van der Waals surface area contributed by atoms with Crippen LogP contribution in [-0.4, -0.2) is 51.0 Å². The molecule has 0 bridgehead atoms. The molecule has 0 aromatic heterocycles. The monoisotopic (exact) mass is 553 g/mol. The fourth-order valence-electron chi connectivity index (χ4n) is 4.52. The summed E-state index contributed by atoms with van der Waals surface area (Å²) in [6.07, 6.45) is 1.59. The SMILES string of the molecule is CNC(=O)[C@H](Cc1ccccc1)N(Cc1ccccc1F)C(=O)CCCN(c1cccc(C)c1C)S(C)(=O)=O. The van der Waals surface area contributed by atoms with Gasteiger partial charge in [-0.15, -0.1) is 0 Å². The maximum absolute atomic E-state index is 14.6. The second-order valence-corrected chi connectivity index (χ2v) is 11.5. The number of aryl methyl sites for hydroxylation is 1. The Balaban J connectivity index is 1.87. The lowest BCUT2D eigenvalue weighted by atomic mass is 10.0. The molecule has 0 aliphatic rings. The molecule has 0 saturated heterocycles.